The predicted molar refractivity (Wildman–Crippen MR) is 114 cm³/mol. The summed E-state index contributed by atoms with van der Waals surface area (Å²) in [6.45, 7) is 6.75. The molecule has 0 saturated heterocycles. The molecule has 4 rings (SSSR count). The fraction of sp³-hybridized carbons (Fsp3) is 0.154. The lowest BCUT2D eigenvalue weighted by Crippen LogP contribution is -2.10. The molecule has 0 saturated carbocycles. The SMILES string of the molecule is CC(C)(C)c1ccc(-c2ccc(-c3cccc4ccccc34)cc2)cc1. The Kier molecular flexibility index (Phi) is 4.12. The molecule has 0 aliphatic rings. The van der Waals surface area contributed by atoms with Gasteiger partial charge in [0.15, 0.2) is 0 Å². The molecule has 0 heterocycles. The molecule has 0 atom stereocenters. The van der Waals surface area contributed by atoms with E-state index in [1.54, 1.807) is 0 Å². The minimum absolute atomic E-state index is 0.191. The summed E-state index contributed by atoms with van der Waals surface area (Å²) < 4.78 is 0. The Morgan fingerprint density at radius 1 is 0.500 bits per heavy atom. The highest BCUT2D eigenvalue weighted by molar-refractivity contribution is 5.96. The summed E-state index contributed by atoms with van der Waals surface area (Å²) in [5, 5.41) is 2.59. The maximum Gasteiger partial charge on any atom is -0.0105 e. The van der Waals surface area contributed by atoms with Gasteiger partial charge in [-0.2, -0.15) is 0 Å². The Balaban J connectivity index is 1.69. The van der Waals surface area contributed by atoms with E-state index in [9.17, 15) is 0 Å². The molecule has 4 aromatic carbocycles. The lowest BCUT2D eigenvalue weighted by Gasteiger charge is -2.19. The van der Waals surface area contributed by atoms with Crippen molar-refractivity contribution in [2.75, 3.05) is 0 Å². The number of fused-ring (bicyclic) bond motifs is 1. The van der Waals surface area contributed by atoms with Gasteiger partial charge in [0.2, 0.25) is 0 Å². The van der Waals surface area contributed by atoms with Gasteiger partial charge in [-0.05, 0) is 44.0 Å². The predicted octanol–water partition coefficient (Wildman–Crippen LogP) is 7.47. The zero-order valence-corrected chi connectivity index (χ0v) is 15.7. The van der Waals surface area contributed by atoms with Crippen LogP contribution in [-0.4, -0.2) is 0 Å². The summed E-state index contributed by atoms with van der Waals surface area (Å²) in [7, 11) is 0. The standard InChI is InChI=1S/C26H24/c1-26(2,3)23-17-15-20(16-18-23)19-11-13-22(14-12-19)25-10-6-8-21-7-4-5-9-24(21)25/h4-18H,1-3H3. The fourth-order valence-electron chi connectivity index (χ4n) is 3.48. The van der Waals surface area contributed by atoms with Crippen molar-refractivity contribution in [3.8, 4) is 22.3 Å². The highest BCUT2D eigenvalue weighted by atomic mass is 14.2. The number of hydrogen-bond donors (Lipinski definition) is 0. The van der Waals surface area contributed by atoms with Crippen molar-refractivity contribution >= 4 is 10.8 Å². The second-order valence-corrected chi connectivity index (χ2v) is 7.93. The van der Waals surface area contributed by atoms with Crippen LogP contribution in [0.5, 0.6) is 0 Å². The van der Waals surface area contributed by atoms with Gasteiger partial charge in [0.25, 0.3) is 0 Å². The molecule has 4 aromatic rings. The Morgan fingerprint density at radius 2 is 1.04 bits per heavy atom. The number of benzene rings is 4. The number of rotatable bonds is 2. The molecule has 0 fully saturated rings. The highest BCUT2D eigenvalue weighted by Crippen LogP contribution is 2.31. The van der Waals surface area contributed by atoms with E-state index in [1.165, 1.54) is 38.6 Å². The number of hydrogen-bond acceptors (Lipinski definition) is 0. The molecule has 0 nitrogen and oxygen atoms in total. The van der Waals surface area contributed by atoms with E-state index in [0.29, 0.717) is 0 Å². The van der Waals surface area contributed by atoms with Crippen LogP contribution in [0.1, 0.15) is 26.3 Å². The van der Waals surface area contributed by atoms with E-state index in [2.05, 4.69) is 112 Å². The van der Waals surface area contributed by atoms with E-state index in [0.717, 1.165) is 0 Å². The maximum atomic E-state index is 2.25. The van der Waals surface area contributed by atoms with Crippen LogP contribution in [0, 0.1) is 0 Å². The van der Waals surface area contributed by atoms with Crippen LogP contribution in [0.3, 0.4) is 0 Å². The van der Waals surface area contributed by atoms with Crippen LogP contribution < -0.4 is 0 Å². The van der Waals surface area contributed by atoms with Gasteiger partial charge in [-0.3, -0.25) is 0 Å². The molecule has 0 aromatic heterocycles. The Labute approximate surface area is 156 Å². The van der Waals surface area contributed by atoms with Crippen molar-refractivity contribution in [2.45, 2.75) is 26.2 Å². The first-order valence-corrected chi connectivity index (χ1v) is 9.21. The second-order valence-electron chi connectivity index (χ2n) is 7.93. The molecule has 0 radical (unpaired) electrons. The van der Waals surface area contributed by atoms with Crippen molar-refractivity contribution in [1.29, 1.82) is 0 Å². The molecule has 0 spiro atoms. The molecule has 0 aliphatic carbocycles. The molecule has 0 unspecified atom stereocenters. The van der Waals surface area contributed by atoms with Crippen molar-refractivity contribution in [1.82, 2.24) is 0 Å². The van der Waals surface area contributed by atoms with Gasteiger partial charge < -0.3 is 0 Å². The van der Waals surface area contributed by atoms with Crippen molar-refractivity contribution in [2.24, 2.45) is 0 Å². The quantitative estimate of drug-likeness (QED) is 0.356. The van der Waals surface area contributed by atoms with Crippen LogP contribution in [0.15, 0.2) is 91.0 Å². The molecule has 0 aliphatic heterocycles. The van der Waals surface area contributed by atoms with E-state index >= 15 is 0 Å². The van der Waals surface area contributed by atoms with E-state index in [1.807, 2.05) is 0 Å². The largest absolute Gasteiger partial charge is 0.0616 e. The summed E-state index contributed by atoms with van der Waals surface area (Å²) in [6.07, 6.45) is 0. The van der Waals surface area contributed by atoms with Crippen LogP contribution in [0.2, 0.25) is 0 Å². The first kappa shape index (κ1) is 16.6. The van der Waals surface area contributed by atoms with Crippen LogP contribution in [-0.2, 0) is 5.41 Å². The van der Waals surface area contributed by atoms with Crippen LogP contribution >= 0.6 is 0 Å². The summed E-state index contributed by atoms with van der Waals surface area (Å²) >= 11 is 0. The molecule has 0 N–H and O–H groups in total. The first-order chi connectivity index (χ1) is 12.5. The van der Waals surface area contributed by atoms with Crippen molar-refractivity contribution in [3.63, 3.8) is 0 Å². The lowest BCUT2D eigenvalue weighted by atomic mass is 9.86. The third kappa shape index (κ3) is 3.15. The maximum absolute atomic E-state index is 2.25. The third-order valence-electron chi connectivity index (χ3n) is 5.07. The topological polar surface area (TPSA) is 0 Å². The highest BCUT2D eigenvalue weighted by Gasteiger charge is 2.13. The Bertz CT molecular complexity index is 1020. The van der Waals surface area contributed by atoms with Crippen LogP contribution in [0.25, 0.3) is 33.0 Å². The molecular formula is C26H24. The second kappa shape index (κ2) is 6.46. The summed E-state index contributed by atoms with van der Waals surface area (Å²) in [4.78, 5) is 0. The minimum atomic E-state index is 0.191. The van der Waals surface area contributed by atoms with Crippen LogP contribution in [0.4, 0.5) is 0 Å². The van der Waals surface area contributed by atoms with Gasteiger partial charge >= 0.3 is 0 Å². The van der Waals surface area contributed by atoms with Crippen molar-refractivity contribution in [3.05, 3.63) is 96.6 Å². The smallest absolute Gasteiger partial charge is 0.0105 e. The van der Waals surface area contributed by atoms with Crippen molar-refractivity contribution < 1.29 is 0 Å². The van der Waals surface area contributed by atoms with Gasteiger partial charge in [-0.1, -0.05) is 112 Å². The average Bonchev–Trinajstić information content (AvgIpc) is 2.67. The molecule has 0 heteroatoms. The zero-order valence-electron chi connectivity index (χ0n) is 15.7. The summed E-state index contributed by atoms with van der Waals surface area (Å²) in [5.41, 5.74) is 6.64. The summed E-state index contributed by atoms with van der Waals surface area (Å²) in [5.74, 6) is 0. The third-order valence-corrected chi connectivity index (χ3v) is 5.07. The molecular weight excluding hydrogens is 312 g/mol. The van der Waals surface area contributed by atoms with E-state index in [4.69, 9.17) is 0 Å². The Hall–Kier alpha value is -2.86. The normalized spacial score (nSPS) is 11.7. The average molecular weight is 336 g/mol. The van der Waals surface area contributed by atoms with E-state index in [-0.39, 0.29) is 5.41 Å². The molecule has 26 heavy (non-hydrogen) atoms. The van der Waals surface area contributed by atoms with Gasteiger partial charge in [-0.15, -0.1) is 0 Å². The zero-order chi connectivity index (χ0) is 18.1. The Morgan fingerprint density at radius 3 is 1.69 bits per heavy atom. The minimum Gasteiger partial charge on any atom is -0.0616 e. The summed E-state index contributed by atoms with van der Waals surface area (Å²) in [6, 6.07) is 32.9. The fourth-order valence-corrected chi connectivity index (χ4v) is 3.48. The van der Waals surface area contributed by atoms with Gasteiger partial charge in [-0.25, -0.2) is 0 Å². The van der Waals surface area contributed by atoms with Gasteiger partial charge in [0.05, 0.1) is 0 Å². The molecule has 128 valence electrons. The first-order valence-electron chi connectivity index (χ1n) is 9.21. The molecule has 0 bridgehead atoms. The molecule has 0 amide bonds. The van der Waals surface area contributed by atoms with Gasteiger partial charge in [0.1, 0.15) is 0 Å². The monoisotopic (exact) mass is 336 g/mol. The van der Waals surface area contributed by atoms with Gasteiger partial charge in [0, 0.05) is 0 Å². The van der Waals surface area contributed by atoms with E-state index < -0.39 is 0 Å². The lowest BCUT2D eigenvalue weighted by molar-refractivity contribution is 0.590.